The van der Waals surface area contributed by atoms with Gasteiger partial charge in [0.15, 0.2) is 0 Å². The first-order chi connectivity index (χ1) is 8.20. The second-order valence-corrected chi connectivity index (χ2v) is 7.56. The lowest BCUT2D eigenvalue weighted by Gasteiger charge is -2.08. The zero-order chi connectivity index (χ0) is 13.6. The van der Waals surface area contributed by atoms with Crippen molar-refractivity contribution in [3.63, 3.8) is 0 Å². The van der Waals surface area contributed by atoms with Crippen LogP contribution in [0.15, 0.2) is 23.1 Å². The summed E-state index contributed by atoms with van der Waals surface area (Å²) in [5.74, 6) is -0.981. The molecule has 0 saturated heterocycles. The lowest BCUT2D eigenvalue weighted by atomic mass is 10.3. The van der Waals surface area contributed by atoms with Gasteiger partial charge in [-0.25, -0.2) is 26.4 Å². The Labute approximate surface area is 104 Å². The molecule has 9 heteroatoms. The Bertz CT molecular complexity index is 681. The Morgan fingerprint density at radius 3 is 2.28 bits per heavy atom. The van der Waals surface area contributed by atoms with Crippen molar-refractivity contribution in [1.29, 1.82) is 0 Å². The molecule has 0 aromatic heterocycles. The molecule has 1 aromatic carbocycles. The molecule has 1 aliphatic carbocycles. The molecule has 1 aromatic rings. The highest BCUT2D eigenvalue weighted by atomic mass is 32.2. The van der Waals surface area contributed by atoms with E-state index >= 15 is 0 Å². The van der Waals surface area contributed by atoms with Gasteiger partial charge in [0.1, 0.15) is 5.82 Å². The van der Waals surface area contributed by atoms with Crippen LogP contribution in [-0.2, 0) is 20.0 Å². The molecular weight excluding hydrogens is 283 g/mol. The van der Waals surface area contributed by atoms with Gasteiger partial charge >= 0.3 is 0 Å². The third-order valence-electron chi connectivity index (χ3n) is 2.48. The lowest BCUT2D eigenvalue weighted by Crippen LogP contribution is -2.18. The standard InChI is InChI=1S/C9H11FN2O4S2/c10-8-5-7(17(11,13)14)3-4-9(8)12-18(15,16)6-1-2-6/h3-6,12H,1-2H2,(H2,11,13,14). The van der Waals surface area contributed by atoms with E-state index in [1.54, 1.807) is 0 Å². The van der Waals surface area contributed by atoms with Gasteiger partial charge in [-0.15, -0.1) is 0 Å². The van der Waals surface area contributed by atoms with Crippen molar-refractivity contribution < 1.29 is 21.2 Å². The predicted molar refractivity (Wildman–Crippen MR) is 63.3 cm³/mol. The summed E-state index contributed by atoms with van der Waals surface area (Å²) in [6, 6.07) is 2.76. The van der Waals surface area contributed by atoms with E-state index in [0.29, 0.717) is 18.9 Å². The molecule has 1 aliphatic rings. The monoisotopic (exact) mass is 294 g/mol. The molecule has 3 N–H and O–H groups in total. The van der Waals surface area contributed by atoms with Gasteiger partial charge in [-0.1, -0.05) is 0 Å². The minimum atomic E-state index is -4.01. The van der Waals surface area contributed by atoms with E-state index in [1.807, 2.05) is 0 Å². The minimum absolute atomic E-state index is 0.283. The maximum atomic E-state index is 13.5. The number of hydrogen-bond donors (Lipinski definition) is 2. The van der Waals surface area contributed by atoms with Gasteiger partial charge in [-0.3, -0.25) is 4.72 Å². The van der Waals surface area contributed by atoms with E-state index in [-0.39, 0.29) is 5.69 Å². The molecule has 1 fully saturated rings. The summed E-state index contributed by atoms with van der Waals surface area (Å²) in [6.45, 7) is 0. The highest BCUT2D eigenvalue weighted by Crippen LogP contribution is 2.30. The van der Waals surface area contributed by atoms with Crippen LogP contribution >= 0.6 is 0 Å². The van der Waals surface area contributed by atoms with Crippen LogP contribution in [-0.4, -0.2) is 22.1 Å². The molecule has 0 atom stereocenters. The first-order valence-electron chi connectivity index (χ1n) is 5.04. The topological polar surface area (TPSA) is 106 Å². The Morgan fingerprint density at radius 1 is 1.22 bits per heavy atom. The van der Waals surface area contributed by atoms with Gasteiger partial charge in [-0.2, -0.15) is 0 Å². The average molecular weight is 294 g/mol. The summed E-state index contributed by atoms with van der Waals surface area (Å²) >= 11 is 0. The first-order valence-corrected chi connectivity index (χ1v) is 8.13. The fourth-order valence-electron chi connectivity index (χ4n) is 1.37. The number of anilines is 1. The zero-order valence-corrected chi connectivity index (χ0v) is 10.8. The summed E-state index contributed by atoms with van der Waals surface area (Å²) < 4.78 is 60.7. The van der Waals surface area contributed by atoms with Crippen molar-refractivity contribution in [2.75, 3.05) is 4.72 Å². The smallest absolute Gasteiger partial charge is 0.238 e. The number of benzene rings is 1. The Kier molecular flexibility index (Phi) is 3.07. The normalized spacial score (nSPS) is 16.6. The van der Waals surface area contributed by atoms with Crippen LogP contribution in [0.2, 0.25) is 0 Å². The lowest BCUT2D eigenvalue weighted by molar-refractivity contribution is 0.592. The number of rotatable bonds is 4. The first kappa shape index (κ1) is 13.2. The van der Waals surface area contributed by atoms with Gasteiger partial charge < -0.3 is 0 Å². The predicted octanol–water partition coefficient (Wildman–Crippen LogP) is 0.377. The van der Waals surface area contributed by atoms with Crippen molar-refractivity contribution in [3.05, 3.63) is 24.0 Å². The molecule has 6 nitrogen and oxygen atoms in total. The van der Waals surface area contributed by atoms with Crippen molar-refractivity contribution >= 4 is 25.7 Å². The third-order valence-corrected chi connectivity index (χ3v) is 5.25. The molecule has 0 unspecified atom stereocenters. The Hall–Kier alpha value is -1.19. The van der Waals surface area contributed by atoms with Crippen LogP contribution in [0.4, 0.5) is 10.1 Å². The average Bonchev–Trinajstić information content (AvgIpc) is 3.02. The molecule has 0 aliphatic heterocycles. The fraction of sp³-hybridized carbons (Fsp3) is 0.333. The van der Waals surface area contributed by atoms with E-state index in [9.17, 15) is 21.2 Å². The second kappa shape index (κ2) is 4.18. The molecule has 1 saturated carbocycles. The highest BCUT2D eigenvalue weighted by Gasteiger charge is 2.36. The largest absolute Gasteiger partial charge is 0.280 e. The van der Waals surface area contributed by atoms with E-state index in [1.165, 1.54) is 0 Å². The second-order valence-electron chi connectivity index (χ2n) is 4.03. The van der Waals surface area contributed by atoms with Crippen LogP contribution in [0.25, 0.3) is 0 Å². The zero-order valence-electron chi connectivity index (χ0n) is 9.13. The number of hydrogen-bond acceptors (Lipinski definition) is 4. The summed E-state index contributed by atoms with van der Waals surface area (Å²) in [6.07, 6.45) is 1.10. The van der Waals surface area contributed by atoms with Gasteiger partial charge in [0.2, 0.25) is 20.0 Å². The van der Waals surface area contributed by atoms with E-state index in [4.69, 9.17) is 5.14 Å². The molecule has 0 spiro atoms. The van der Waals surface area contributed by atoms with Gasteiger partial charge in [0.25, 0.3) is 0 Å². The molecule has 2 rings (SSSR count). The van der Waals surface area contributed by atoms with E-state index in [2.05, 4.69) is 4.72 Å². The highest BCUT2D eigenvalue weighted by molar-refractivity contribution is 7.93. The summed E-state index contributed by atoms with van der Waals surface area (Å²) in [5.41, 5.74) is -0.283. The molecule has 18 heavy (non-hydrogen) atoms. The summed E-state index contributed by atoms with van der Waals surface area (Å²) in [4.78, 5) is -0.408. The van der Waals surface area contributed by atoms with Crippen molar-refractivity contribution in [2.24, 2.45) is 5.14 Å². The quantitative estimate of drug-likeness (QED) is 0.837. The van der Waals surface area contributed by atoms with Crippen molar-refractivity contribution in [1.82, 2.24) is 0 Å². The van der Waals surface area contributed by atoms with Gasteiger partial charge in [-0.05, 0) is 31.0 Å². The number of nitrogens with two attached hydrogens (primary N) is 1. The molecular formula is C9H11FN2O4S2. The fourth-order valence-corrected chi connectivity index (χ4v) is 3.29. The van der Waals surface area contributed by atoms with Gasteiger partial charge in [0, 0.05) is 0 Å². The Balaban J connectivity index is 2.31. The van der Waals surface area contributed by atoms with Crippen LogP contribution in [0, 0.1) is 5.82 Å². The summed E-state index contributed by atoms with van der Waals surface area (Å²) in [5, 5.41) is 4.34. The minimum Gasteiger partial charge on any atom is -0.280 e. The van der Waals surface area contributed by atoms with Gasteiger partial charge in [0.05, 0.1) is 15.8 Å². The van der Waals surface area contributed by atoms with Crippen molar-refractivity contribution in [2.45, 2.75) is 23.0 Å². The Morgan fingerprint density at radius 2 is 1.83 bits per heavy atom. The molecule has 0 bridgehead atoms. The van der Waals surface area contributed by atoms with Crippen LogP contribution in [0.1, 0.15) is 12.8 Å². The SMILES string of the molecule is NS(=O)(=O)c1ccc(NS(=O)(=O)C2CC2)c(F)c1. The maximum absolute atomic E-state index is 13.5. The number of halogens is 1. The van der Waals surface area contributed by atoms with Crippen LogP contribution in [0.3, 0.4) is 0 Å². The maximum Gasteiger partial charge on any atom is 0.238 e. The molecule has 0 amide bonds. The van der Waals surface area contributed by atoms with Crippen molar-refractivity contribution in [3.8, 4) is 0 Å². The van der Waals surface area contributed by atoms with E-state index < -0.39 is 36.0 Å². The molecule has 100 valence electrons. The number of nitrogens with one attached hydrogen (secondary N) is 1. The molecule has 0 radical (unpaired) electrons. The number of primary sulfonamides is 1. The van der Waals surface area contributed by atoms with E-state index in [0.717, 1.165) is 12.1 Å². The summed E-state index contributed by atoms with van der Waals surface area (Å²) in [7, 11) is -7.59. The number of sulfonamides is 2. The molecule has 0 heterocycles. The van der Waals surface area contributed by atoms with Crippen LogP contribution < -0.4 is 9.86 Å². The van der Waals surface area contributed by atoms with Crippen LogP contribution in [0.5, 0.6) is 0 Å². The third kappa shape index (κ3) is 2.79.